The highest BCUT2D eigenvalue weighted by molar-refractivity contribution is 6.32. The van der Waals surface area contributed by atoms with Crippen LogP contribution in [-0.2, 0) is 9.53 Å². The predicted molar refractivity (Wildman–Crippen MR) is 141 cm³/mol. The largest absolute Gasteiger partial charge is 0.389 e. The second kappa shape index (κ2) is 9.21. The molecule has 8 heteroatoms. The van der Waals surface area contributed by atoms with Gasteiger partial charge in [0.15, 0.2) is 0 Å². The van der Waals surface area contributed by atoms with Crippen molar-refractivity contribution in [1.82, 2.24) is 14.8 Å². The fraction of sp³-hybridized carbons (Fsp3) is 0.643. The van der Waals surface area contributed by atoms with Crippen molar-refractivity contribution in [3.8, 4) is 0 Å². The van der Waals surface area contributed by atoms with Crippen molar-refractivity contribution >= 4 is 34.1 Å². The maximum atomic E-state index is 13.0. The van der Waals surface area contributed by atoms with E-state index >= 15 is 0 Å². The minimum atomic E-state index is -0.441. The molecule has 7 nitrogen and oxygen atoms in total. The number of fused-ring (bicyclic) bond motifs is 2. The Labute approximate surface area is 218 Å². The zero-order valence-electron chi connectivity index (χ0n) is 21.4. The molecule has 3 heterocycles. The van der Waals surface area contributed by atoms with Gasteiger partial charge in [-0.05, 0) is 107 Å². The van der Waals surface area contributed by atoms with E-state index in [1.807, 2.05) is 18.3 Å². The Kier molecular flexibility index (Phi) is 6.28. The van der Waals surface area contributed by atoms with Gasteiger partial charge in [0, 0.05) is 28.6 Å². The molecule has 2 aromatic rings. The molecule has 4 aliphatic rings. The van der Waals surface area contributed by atoms with E-state index < -0.39 is 6.10 Å². The number of amides is 1. The van der Waals surface area contributed by atoms with Crippen LogP contribution in [0.3, 0.4) is 0 Å². The van der Waals surface area contributed by atoms with E-state index in [2.05, 4.69) is 47.2 Å². The molecular formula is C28H37ClN4O3. The third kappa shape index (κ3) is 4.13. The van der Waals surface area contributed by atoms with E-state index in [1.165, 1.54) is 6.42 Å². The number of anilines is 1. The number of benzene rings is 1. The van der Waals surface area contributed by atoms with Gasteiger partial charge in [0.2, 0.25) is 5.91 Å². The number of rotatable bonds is 5. The number of hydrogen-bond donors (Lipinski definition) is 2. The van der Waals surface area contributed by atoms with Gasteiger partial charge < -0.3 is 20.1 Å². The van der Waals surface area contributed by atoms with Gasteiger partial charge in [-0.15, -0.1) is 0 Å². The molecule has 194 valence electrons. The number of aromatic nitrogens is 1. The number of piperidine rings is 1. The van der Waals surface area contributed by atoms with Crippen LogP contribution >= 0.6 is 11.6 Å². The van der Waals surface area contributed by atoms with Crippen molar-refractivity contribution in [2.75, 3.05) is 45.7 Å². The van der Waals surface area contributed by atoms with Crippen molar-refractivity contribution in [3.05, 3.63) is 35.0 Å². The summed E-state index contributed by atoms with van der Waals surface area (Å²) >= 11 is 6.74. The molecule has 2 N–H and O–H groups in total. The van der Waals surface area contributed by atoms with Crippen LogP contribution in [0.1, 0.15) is 44.1 Å². The molecule has 4 fully saturated rings. The molecule has 0 bridgehead atoms. The first-order chi connectivity index (χ1) is 17.3. The highest BCUT2D eigenvalue weighted by Crippen LogP contribution is 2.59. The highest BCUT2D eigenvalue weighted by Gasteiger charge is 2.61. The van der Waals surface area contributed by atoms with E-state index in [1.54, 1.807) is 0 Å². The average Bonchev–Trinajstić information content (AvgIpc) is 3.21. The Balaban J connectivity index is 1.15. The zero-order chi connectivity index (χ0) is 25.2. The second-order valence-electron chi connectivity index (χ2n) is 11.8. The third-order valence-corrected chi connectivity index (χ3v) is 9.90. The van der Waals surface area contributed by atoms with Crippen LogP contribution in [0.5, 0.6) is 0 Å². The van der Waals surface area contributed by atoms with Crippen LogP contribution in [0, 0.1) is 17.8 Å². The number of likely N-dealkylation sites (tertiary alicyclic amines) is 1. The summed E-state index contributed by atoms with van der Waals surface area (Å²) in [6.07, 6.45) is 5.67. The Morgan fingerprint density at radius 3 is 2.67 bits per heavy atom. The summed E-state index contributed by atoms with van der Waals surface area (Å²) in [7, 11) is 4.23. The van der Waals surface area contributed by atoms with Crippen LogP contribution in [-0.4, -0.2) is 83.9 Å². The Morgan fingerprint density at radius 1 is 1.19 bits per heavy atom. The van der Waals surface area contributed by atoms with Gasteiger partial charge in [0.25, 0.3) is 0 Å². The Morgan fingerprint density at radius 2 is 1.97 bits per heavy atom. The number of aliphatic hydroxyl groups excluding tert-OH is 1. The fourth-order valence-corrected chi connectivity index (χ4v) is 7.58. The maximum absolute atomic E-state index is 13.0. The van der Waals surface area contributed by atoms with Crippen LogP contribution in [0.4, 0.5) is 5.82 Å². The number of halogens is 1. The summed E-state index contributed by atoms with van der Waals surface area (Å²) in [6.45, 7) is 4.91. The Hall–Kier alpha value is -1.77. The summed E-state index contributed by atoms with van der Waals surface area (Å²) in [5.74, 6) is 2.20. The first-order valence-corrected chi connectivity index (χ1v) is 13.7. The first-order valence-electron chi connectivity index (χ1n) is 13.3. The van der Waals surface area contributed by atoms with Gasteiger partial charge in [-0.2, -0.15) is 0 Å². The average molecular weight is 513 g/mol. The molecular weight excluding hydrogens is 476 g/mol. The van der Waals surface area contributed by atoms with Crippen LogP contribution in [0.25, 0.3) is 10.8 Å². The van der Waals surface area contributed by atoms with Gasteiger partial charge in [0.1, 0.15) is 5.82 Å². The highest BCUT2D eigenvalue weighted by atomic mass is 35.5. The van der Waals surface area contributed by atoms with Gasteiger partial charge in [-0.25, -0.2) is 4.98 Å². The topological polar surface area (TPSA) is 77.9 Å². The molecule has 0 radical (unpaired) electrons. The standard InChI is InChI=1S/C28H37ClN4O3/c1-28(15-36-14-23(28)34)33-8-6-16(7-9-33)20-10-17-12-24(30-13-18(17)11-21(20)29)31-27(35)26-19-4-5-22(25(19)26)32(2)3/h10-13,16,19,22-23,25-26,34H,4-9,14-15H2,1-3H3,(H,30,31,35)/t19-,22?,23-,25-,26+,28+/m0/s1. The number of aliphatic hydroxyl groups is 1. The van der Waals surface area contributed by atoms with Gasteiger partial charge >= 0.3 is 0 Å². The maximum Gasteiger partial charge on any atom is 0.229 e. The van der Waals surface area contributed by atoms with Gasteiger partial charge in [-0.1, -0.05) is 11.6 Å². The van der Waals surface area contributed by atoms with Crippen molar-refractivity contribution in [2.45, 2.75) is 56.2 Å². The smallest absolute Gasteiger partial charge is 0.229 e. The number of nitrogens with one attached hydrogen (secondary N) is 1. The van der Waals surface area contributed by atoms with Crippen LogP contribution < -0.4 is 5.32 Å². The number of nitrogens with zero attached hydrogens (tertiary/aromatic N) is 3. The lowest BCUT2D eigenvalue weighted by Gasteiger charge is -2.43. The number of carbonyl (C=O) groups excluding carboxylic acids is 1. The first kappa shape index (κ1) is 24.6. The van der Waals surface area contributed by atoms with Gasteiger partial charge in [-0.3, -0.25) is 9.69 Å². The lowest BCUT2D eigenvalue weighted by molar-refractivity contribution is -0.118. The molecule has 1 aromatic heterocycles. The molecule has 2 aliphatic heterocycles. The third-order valence-electron chi connectivity index (χ3n) is 9.57. The van der Waals surface area contributed by atoms with Crippen molar-refractivity contribution < 1.29 is 14.6 Å². The van der Waals surface area contributed by atoms with E-state index in [9.17, 15) is 9.90 Å². The summed E-state index contributed by atoms with van der Waals surface area (Å²) in [4.78, 5) is 22.2. The van der Waals surface area contributed by atoms with Crippen molar-refractivity contribution in [1.29, 1.82) is 0 Å². The Bertz CT molecular complexity index is 1170. The summed E-state index contributed by atoms with van der Waals surface area (Å²) in [6, 6.07) is 6.67. The number of hydrogen-bond acceptors (Lipinski definition) is 6. The molecule has 6 atom stereocenters. The van der Waals surface area contributed by atoms with Crippen molar-refractivity contribution in [2.24, 2.45) is 17.8 Å². The molecule has 6 rings (SSSR count). The summed E-state index contributed by atoms with van der Waals surface area (Å²) < 4.78 is 5.55. The normalized spacial score (nSPS) is 34.9. The number of pyridine rings is 1. The predicted octanol–water partition coefficient (Wildman–Crippen LogP) is 3.74. The fourth-order valence-electron chi connectivity index (χ4n) is 7.25. The molecule has 2 saturated carbocycles. The number of carbonyl (C=O) groups is 1. The van der Waals surface area contributed by atoms with E-state index in [0.29, 0.717) is 42.8 Å². The van der Waals surface area contributed by atoms with Crippen molar-refractivity contribution in [3.63, 3.8) is 0 Å². The monoisotopic (exact) mass is 512 g/mol. The minimum Gasteiger partial charge on any atom is -0.389 e. The molecule has 36 heavy (non-hydrogen) atoms. The second-order valence-corrected chi connectivity index (χ2v) is 12.2. The molecule has 1 amide bonds. The molecule has 1 aromatic carbocycles. The summed E-state index contributed by atoms with van der Waals surface area (Å²) in [5.41, 5.74) is 0.856. The van der Waals surface area contributed by atoms with E-state index in [0.717, 1.165) is 53.7 Å². The lowest BCUT2D eigenvalue weighted by Crippen LogP contribution is -2.56. The van der Waals surface area contributed by atoms with Gasteiger partial charge in [0.05, 0.1) is 24.9 Å². The quantitative estimate of drug-likeness (QED) is 0.635. The van der Waals surface area contributed by atoms with Crippen LogP contribution in [0.2, 0.25) is 5.02 Å². The molecule has 2 saturated heterocycles. The molecule has 2 aliphatic carbocycles. The zero-order valence-corrected chi connectivity index (χ0v) is 22.2. The van der Waals surface area contributed by atoms with Crippen LogP contribution in [0.15, 0.2) is 24.4 Å². The number of ether oxygens (including phenoxy) is 1. The lowest BCUT2D eigenvalue weighted by atomic mass is 9.85. The molecule has 0 spiro atoms. The molecule has 1 unspecified atom stereocenters. The van der Waals surface area contributed by atoms with E-state index in [4.69, 9.17) is 16.3 Å². The SMILES string of the molecule is CN(C)C1CC[C@@H]2[C@@H](C(=O)Nc3cc4cc(C5CCN([C@]6(C)COC[C@@H]6O)CC5)c(Cl)cc4cn3)[C@H]12. The minimum absolute atomic E-state index is 0.108. The summed E-state index contributed by atoms with van der Waals surface area (Å²) in [5, 5.41) is 16.3. The van der Waals surface area contributed by atoms with E-state index in [-0.39, 0.29) is 17.4 Å².